The summed E-state index contributed by atoms with van der Waals surface area (Å²) in [5.41, 5.74) is 4.79. The third-order valence-corrected chi connectivity index (χ3v) is 3.56. The fraction of sp³-hybridized carbons (Fsp3) is 0.923. The van der Waals surface area contributed by atoms with Gasteiger partial charge in [-0.25, -0.2) is 0 Å². The van der Waals surface area contributed by atoms with Gasteiger partial charge in [0.05, 0.1) is 12.1 Å². The van der Waals surface area contributed by atoms with Crippen molar-refractivity contribution >= 4 is 5.91 Å². The van der Waals surface area contributed by atoms with Crippen LogP contribution in [0.1, 0.15) is 34.1 Å². The lowest BCUT2D eigenvalue weighted by molar-refractivity contribution is -0.124. The van der Waals surface area contributed by atoms with E-state index in [0.29, 0.717) is 6.42 Å². The number of ether oxygens (including phenoxy) is 1. The van der Waals surface area contributed by atoms with Crippen molar-refractivity contribution in [3.05, 3.63) is 0 Å². The predicted molar refractivity (Wildman–Crippen MR) is 74.5 cm³/mol. The molecule has 2 atom stereocenters. The number of amides is 1. The van der Waals surface area contributed by atoms with Crippen molar-refractivity contribution in [1.82, 2.24) is 10.2 Å². The van der Waals surface area contributed by atoms with E-state index in [-0.39, 0.29) is 11.9 Å². The molecule has 5 nitrogen and oxygen atoms in total. The van der Waals surface area contributed by atoms with E-state index in [2.05, 4.69) is 24.1 Å². The van der Waals surface area contributed by atoms with E-state index in [1.807, 2.05) is 13.8 Å². The van der Waals surface area contributed by atoms with Crippen LogP contribution >= 0.6 is 0 Å². The van der Waals surface area contributed by atoms with Crippen molar-refractivity contribution in [2.75, 3.05) is 33.4 Å². The first kappa shape index (κ1) is 17.4. The molecule has 0 heterocycles. The molecule has 0 aromatic heterocycles. The van der Waals surface area contributed by atoms with Crippen LogP contribution in [-0.4, -0.2) is 55.7 Å². The molecule has 108 valence electrons. The number of hydrogen-bond acceptors (Lipinski definition) is 4. The second kappa shape index (κ2) is 8.45. The highest BCUT2D eigenvalue weighted by Gasteiger charge is 2.32. The Morgan fingerprint density at radius 3 is 2.50 bits per heavy atom. The Morgan fingerprint density at radius 2 is 2.11 bits per heavy atom. The summed E-state index contributed by atoms with van der Waals surface area (Å²) >= 11 is 0. The third-order valence-electron chi connectivity index (χ3n) is 3.56. The number of carbonyl (C=O) groups is 1. The van der Waals surface area contributed by atoms with Crippen molar-refractivity contribution in [2.45, 2.75) is 45.7 Å². The highest BCUT2D eigenvalue weighted by Crippen LogP contribution is 2.15. The van der Waals surface area contributed by atoms with Crippen LogP contribution in [0.2, 0.25) is 0 Å². The first-order valence-electron chi connectivity index (χ1n) is 6.71. The van der Waals surface area contributed by atoms with Gasteiger partial charge in [0.2, 0.25) is 5.91 Å². The van der Waals surface area contributed by atoms with Crippen LogP contribution in [0.5, 0.6) is 0 Å². The van der Waals surface area contributed by atoms with Gasteiger partial charge in [-0.3, -0.25) is 9.69 Å². The minimum absolute atomic E-state index is 0.278. The van der Waals surface area contributed by atoms with Crippen molar-refractivity contribution in [3.8, 4) is 0 Å². The lowest BCUT2D eigenvalue weighted by Crippen LogP contribution is -2.55. The third kappa shape index (κ3) is 5.33. The molecule has 0 saturated heterocycles. The zero-order valence-electron chi connectivity index (χ0n) is 12.5. The second-order valence-electron chi connectivity index (χ2n) is 4.83. The van der Waals surface area contributed by atoms with Crippen LogP contribution in [0.25, 0.3) is 0 Å². The molecule has 3 N–H and O–H groups in total. The first-order valence-corrected chi connectivity index (χ1v) is 6.71. The van der Waals surface area contributed by atoms with Crippen LogP contribution in [0.3, 0.4) is 0 Å². The summed E-state index contributed by atoms with van der Waals surface area (Å²) in [6.07, 6.45) is 0.693. The first-order chi connectivity index (χ1) is 8.41. The summed E-state index contributed by atoms with van der Waals surface area (Å²) in [4.78, 5) is 13.8. The molecule has 0 radical (unpaired) electrons. The molecule has 0 aromatic rings. The monoisotopic (exact) mass is 259 g/mol. The molecule has 18 heavy (non-hydrogen) atoms. The van der Waals surface area contributed by atoms with E-state index >= 15 is 0 Å². The molecule has 0 aliphatic rings. The van der Waals surface area contributed by atoms with Crippen LogP contribution in [0.15, 0.2) is 0 Å². The molecule has 1 amide bonds. The number of nitrogens with zero attached hydrogens (tertiary/aromatic N) is 1. The molecule has 0 aliphatic carbocycles. The Morgan fingerprint density at radius 1 is 1.50 bits per heavy atom. The van der Waals surface area contributed by atoms with E-state index in [4.69, 9.17) is 10.5 Å². The standard InChI is InChI=1S/C13H29N3O2/c1-6-16(8-9-18-7-2)11(3)10-13(4,15-5)12(14)17/h11,15H,6-10H2,1-5H3,(H2,14,17). The van der Waals surface area contributed by atoms with E-state index in [9.17, 15) is 4.79 Å². The van der Waals surface area contributed by atoms with Crippen LogP contribution in [0, 0.1) is 0 Å². The number of nitrogens with one attached hydrogen (secondary N) is 1. The topological polar surface area (TPSA) is 67.6 Å². The number of hydrogen-bond donors (Lipinski definition) is 2. The van der Waals surface area contributed by atoms with Gasteiger partial charge in [0.1, 0.15) is 0 Å². The molecule has 0 aromatic carbocycles. The molecular weight excluding hydrogens is 230 g/mol. The van der Waals surface area contributed by atoms with Gasteiger partial charge >= 0.3 is 0 Å². The summed E-state index contributed by atoms with van der Waals surface area (Å²) in [5, 5.41) is 3.02. The molecule has 0 rings (SSSR count). The molecule has 0 spiro atoms. The maximum absolute atomic E-state index is 11.5. The Kier molecular flexibility index (Phi) is 8.15. The van der Waals surface area contributed by atoms with Gasteiger partial charge in [-0.05, 0) is 40.8 Å². The minimum atomic E-state index is -0.654. The summed E-state index contributed by atoms with van der Waals surface area (Å²) < 4.78 is 5.37. The molecule has 0 aliphatic heterocycles. The average molecular weight is 259 g/mol. The largest absolute Gasteiger partial charge is 0.380 e. The van der Waals surface area contributed by atoms with Gasteiger partial charge in [0.25, 0.3) is 0 Å². The molecule has 2 unspecified atom stereocenters. The molecule has 0 saturated carbocycles. The van der Waals surface area contributed by atoms with E-state index < -0.39 is 5.54 Å². The fourth-order valence-electron chi connectivity index (χ4n) is 2.06. The number of carbonyl (C=O) groups excluding carboxylic acids is 1. The van der Waals surface area contributed by atoms with Crippen LogP contribution in [-0.2, 0) is 9.53 Å². The molecule has 0 fully saturated rings. The summed E-state index contributed by atoms with van der Waals surface area (Å²) in [6, 6.07) is 0.278. The van der Waals surface area contributed by atoms with E-state index in [1.54, 1.807) is 7.05 Å². The summed E-state index contributed by atoms with van der Waals surface area (Å²) in [5.74, 6) is -0.308. The Labute approximate surface area is 111 Å². The van der Waals surface area contributed by atoms with Gasteiger partial charge in [-0.2, -0.15) is 0 Å². The highest BCUT2D eigenvalue weighted by atomic mass is 16.5. The zero-order valence-corrected chi connectivity index (χ0v) is 12.5. The quantitative estimate of drug-likeness (QED) is 0.563. The maximum Gasteiger partial charge on any atom is 0.237 e. The zero-order chi connectivity index (χ0) is 14.2. The minimum Gasteiger partial charge on any atom is -0.380 e. The Hall–Kier alpha value is -0.650. The number of rotatable bonds is 10. The average Bonchev–Trinajstić information content (AvgIpc) is 2.34. The number of nitrogens with two attached hydrogens (primary N) is 1. The predicted octanol–water partition coefficient (Wildman–Crippen LogP) is 0.587. The number of likely N-dealkylation sites (N-methyl/N-ethyl adjacent to an activating group) is 2. The lowest BCUT2D eigenvalue weighted by atomic mass is 9.92. The smallest absolute Gasteiger partial charge is 0.237 e. The summed E-state index contributed by atoms with van der Waals surface area (Å²) in [7, 11) is 1.77. The fourth-order valence-corrected chi connectivity index (χ4v) is 2.06. The number of primary amides is 1. The van der Waals surface area contributed by atoms with Crippen molar-refractivity contribution in [1.29, 1.82) is 0 Å². The molecular formula is C13H29N3O2. The Bertz CT molecular complexity index is 248. The highest BCUT2D eigenvalue weighted by molar-refractivity contribution is 5.84. The SMILES string of the molecule is CCOCCN(CC)C(C)CC(C)(NC)C(N)=O. The van der Waals surface area contributed by atoms with Gasteiger partial charge in [0.15, 0.2) is 0 Å². The normalized spacial score (nSPS) is 16.6. The molecule has 5 heteroatoms. The second-order valence-corrected chi connectivity index (χ2v) is 4.83. The van der Waals surface area contributed by atoms with Crippen molar-refractivity contribution in [3.63, 3.8) is 0 Å². The van der Waals surface area contributed by atoms with Crippen molar-refractivity contribution < 1.29 is 9.53 Å². The van der Waals surface area contributed by atoms with E-state index in [0.717, 1.165) is 26.3 Å². The van der Waals surface area contributed by atoms with Crippen LogP contribution < -0.4 is 11.1 Å². The van der Waals surface area contributed by atoms with Gasteiger partial charge < -0.3 is 15.8 Å². The van der Waals surface area contributed by atoms with E-state index in [1.165, 1.54) is 0 Å². The maximum atomic E-state index is 11.5. The van der Waals surface area contributed by atoms with Gasteiger partial charge in [0, 0.05) is 19.2 Å². The van der Waals surface area contributed by atoms with Crippen molar-refractivity contribution in [2.24, 2.45) is 5.73 Å². The lowest BCUT2D eigenvalue weighted by Gasteiger charge is -2.34. The Balaban J connectivity index is 4.41. The molecule has 0 bridgehead atoms. The van der Waals surface area contributed by atoms with Gasteiger partial charge in [-0.15, -0.1) is 0 Å². The summed E-state index contributed by atoms with van der Waals surface area (Å²) in [6.45, 7) is 11.4. The van der Waals surface area contributed by atoms with Crippen LogP contribution in [0.4, 0.5) is 0 Å². The van der Waals surface area contributed by atoms with Gasteiger partial charge in [-0.1, -0.05) is 6.92 Å².